The maximum absolute atomic E-state index is 13.2. The third-order valence-electron chi connectivity index (χ3n) is 7.10. The predicted molar refractivity (Wildman–Crippen MR) is 117 cm³/mol. The summed E-state index contributed by atoms with van der Waals surface area (Å²) in [5, 5.41) is 0. The molecule has 0 aromatic carbocycles. The van der Waals surface area contributed by atoms with Gasteiger partial charge in [0.05, 0.1) is 0 Å². The molecule has 0 aromatic rings. The van der Waals surface area contributed by atoms with Crippen LogP contribution < -0.4 is 0 Å². The van der Waals surface area contributed by atoms with E-state index in [2.05, 4.69) is 20.4 Å². The maximum atomic E-state index is 13.2. The molecule has 0 bridgehead atoms. The molecule has 0 aromatic heterocycles. The van der Waals surface area contributed by atoms with E-state index in [-0.39, 0.29) is 41.0 Å². The number of allylic oxidation sites excluding steroid dienone is 3. The summed E-state index contributed by atoms with van der Waals surface area (Å²) >= 11 is 0. The van der Waals surface area contributed by atoms with Crippen molar-refractivity contribution < 1.29 is 23.9 Å². The van der Waals surface area contributed by atoms with E-state index < -0.39 is 12.1 Å². The van der Waals surface area contributed by atoms with E-state index in [4.69, 9.17) is 9.47 Å². The SMILES string of the molecule is C=C(C)[C@@H]1C[C@]2(C)[C@@H](C)[C@H](OC(=O)/C(C)=C/C)CC[C@H]2[C@H](OC(=O)C=C(C)C)C1=O. The number of ketones is 1. The molecule has 0 N–H and O–H groups in total. The average molecular weight is 417 g/mol. The topological polar surface area (TPSA) is 69.7 Å². The minimum Gasteiger partial charge on any atom is -0.459 e. The quantitative estimate of drug-likeness (QED) is 0.360. The molecule has 0 unspecified atom stereocenters. The molecule has 0 aliphatic heterocycles. The second-order valence-electron chi connectivity index (χ2n) is 9.48. The highest BCUT2D eigenvalue weighted by Crippen LogP contribution is 2.56. The molecule has 5 nitrogen and oxygen atoms in total. The van der Waals surface area contributed by atoms with Crippen molar-refractivity contribution in [1.82, 2.24) is 0 Å². The first-order valence-corrected chi connectivity index (χ1v) is 10.8. The summed E-state index contributed by atoms with van der Waals surface area (Å²) in [6.45, 7) is 17.3. The molecule has 2 rings (SSSR count). The molecule has 6 atom stereocenters. The van der Waals surface area contributed by atoms with Crippen LogP contribution in [0.3, 0.4) is 0 Å². The Morgan fingerprint density at radius 3 is 2.30 bits per heavy atom. The van der Waals surface area contributed by atoms with Crippen molar-refractivity contribution in [3.63, 3.8) is 0 Å². The summed E-state index contributed by atoms with van der Waals surface area (Å²) in [4.78, 5) is 38.0. The minimum atomic E-state index is -0.801. The molecule has 0 spiro atoms. The Labute approximate surface area is 180 Å². The van der Waals surface area contributed by atoms with Crippen LogP contribution in [0.2, 0.25) is 0 Å². The molecule has 30 heavy (non-hydrogen) atoms. The van der Waals surface area contributed by atoms with Crippen molar-refractivity contribution in [2.45, 2.75) is 79.9 Å². The number of fused-ring (bicyclic) bond motifs is 1. The Bertz CT molecular complexity index is 785. The second kappa shape index (κ2) is 9.32. The molecule has 2 aliphatic carbocycles. The lowest BCUT2D eigenvalue weighted by Crippen LogP contribution is -2.58. The van der Waals surface area contributed by atoms with Crippen LogP contribution in [0.1, 0.15) is 67.7 Å². The monoisotopic (exact) mass is 416 g/mol. The van der Waals surface area contributed by atoms with E-state index in [9.17, 15) is 14.4 Å². The third-order valence-corrected chi connectivity index (χ3v) is 7.10. The molecule has 0 saturated heterocycles. The lowest BCUT2D eigenvalue weighted by Gasteiger charge is -2.55. The zero-order valence-electron chi connectivity index (χ0n) is 19.4. The highest BCUT2D eigenvalue weighted by atomic mass is 16.6. The molecule has 2 fully saturated rings. The Morgan fingerprint density at radius 1 is 1.13 bits per heavy atom. The first kappa shape index (κ1) is 24.1. The van der Waals surface area contributed by atoms with Crippen LogP contribution in [0.5, 0.6) is 0 Å². The fourth-order valence-electron chi connectivity index (χ4n) is 4.92. The van der Waals surface area contributed by atoms with E-state index in [0.29, 0.717) is 24.8 Å². The van der Waals surface area contributed by atoms with Crippen LogP contribution in [0.25, 0.3) is 0 Å². The van der Waals surface area contributed by atoms with Gasteiger partial charge in [0.25, 0.3) is 0 Å². The fourth-order valence-corrected chi connectivity index (χ4v) is 4.92. The van der Waals surface area contributed by atoms with Gasteiger partial charge in [0.1, 0.15) is 6.10 Å². The van der Waals surface area contributed by atoms with E-state index in [1.165, 1.54) is 6.08 Å². The Balaban J connectivity index is 2.36. The number of esters is 2. The summed E-state index contributed by atoms with van der Waals surface area (Å²) in [5.74, 6) is -1.31. The number of ether oxygens (including phenoxy) is 2. The van der Waals surface area contributed by atoms with Crippen LogP contribution in [0.4, 0.5) is 0 Å². The van der Waals surface area contributed by atoms with Gasteiger partial charge in [-0.3, -0.25) is 4.79 Å². The fraction of sp³-hybridized carbons (Fsp3) is 0.640. The van der Waals surface area contributed by atoms with Crippen LogP contribution in [-0.4, -0.2) is 29.9 Å². The van der Waals surface area contributed by atoms with Gasteiger partial charge in [0, 0.05) is 23.5 Å². The number of hydrogen-bond donors (Lipinski definition) is 0. The zero-order valence-corrected chi connectivity index (χ0v) is 19.4. The van der Waals surface area contributed by atoms with Crippen molar-refractivity contribution >= 4 is 17.7 Å². The molecular weight excluding hydrogens is 380 g/mol. The predicted octanol–water partition coefficient (Wildman–Crippen LogP) is 4.96. The summed E-state index contributed by atoms with van der Waals surface area (Å²) in [7, 11) is 0. The van der Waals surface area contributed by atoms with Crippen molar-refractivity contribution in [3.05, 3.63) is 35.5 Å². The molecule has 0 radical (unpaired) electrons. The highest BCUT2D eigenvalue weighted by molar-refractivity contribution is 5.92. The van der Waals surface area contributed by atoms with Crippen LogP contribution in [0, 0.1) is 23.2 Å². The lowest BCUT2D eigenvalue weighted by atomic mass is 9.51. The summed E-state index contributed by atoms with van der Waals surface area (Å²) in [5.41, 5.74) is 1.87. The molecule has 5 heteroatoms. The third kappa shape index (κ3) is 4.76. The first-order valence-electron chi connectivity index (χ1n) is 10.8. The van der Waals surface area contributed by atoms with Crippen molar-refractivity contribution in [2.24, 2.45) is 23.2 Å². The maximum Gasteiger partial charge on any atom is 0.333 e. The second-order valence-corrected chi connectivity index (χ2v) is 9.48. The van der Waals surface area contributed by atoms with Gasteiger partial charge in [-0.05, 0) is 65.2 Å². The summed E-state index contributed by atoms with van der Waals surface area (Å²) < 4.78 is 11.6. The van der Waals surface area contributed by atoms with Crippen LogP contribution >= 0.6 is 0 Å². The number of carbonyl (C=O) groups is 3. The number of carbonyl (C=O) groups excluding carboxylic acids is 3. The van der Waals surface area contributed by atoms with Crippen molar-refractivity contribution in [1.29, 1.82) is 0 Å². The summed E-state index contributed by atoms with van der Waals surface area (Å²) in [6, 6.07) is 0. The molecule has 0 heterocycles. The normalized spacial score (nSPS) is 33.9. The van der Waals surface area contributed by atoms with Gasteiger partial charge in [0.15, 0.2) is 11.9 Å². The number of hydrogen-bond acceptors (Lipinski definition) is 5. The Morgan fingerprint density at radius 2 is 1.77 bits per heavy atom. The van der Waals surface area contributed by atoms with Crippen molar-refractivity contribution in [2.75, 3.05) is 0 Å². The largest absolute Gasteiger partial charge is 0.459 e. The van der Waals surface area contributed by atoms with Gasteiger partial charge < -0.3 is 9.47 Å². The molecule has 0 amide bonds. The standard InChI is InChI=1S/C25H36O5/c1-9-16(6)24(28)29-20-11-10-19-23(30-21(26)12-14(2)3)22(27)18(15(4)5)13-25(19,8)17(20)7/h9,12,17-20,23H,4,10-11,13H2,1-3,5-8H3/b16-9+/t17-,18-,19-,20+,23-,25+/m0/s1. The van der Waals surface area contributed by atoms with Crippen LogP contribution in [0.15, 0.2) is 35.5 Å². The lowest BCUT2D eigenvalue weighted by molar-refractivity contribution is -0.182. The Kier molecular flexibility index (Phi) is 7.49. The van der Waals surface area contributed by atoms with Gasteiger partial charge in [-0.1, -0.05) is 37.6 Å². The molecule has 166 valence electrons. The van der Waals surface area contributed by atoms with Crippen molar-refractivity contribution in [3.8, 4) is 0 Å². The first-order chi connectivity index (χ1) is 13.9. The van der Waals surface area contributed by atoms with E-state index in [0.717, 1.165) is 11.1 Å². The zero-order chi connectivity index (χ0) is 22.8. The summed E-state index contributed by atoms with van der Waals surface area (Å²) in [6.07, 6.45) is 4.06. The number of rotatable bonds is 5. The van der Waals surface area contributed by atoms with Gasteiger partial charge >= 0.3 is 11.9 Å². The van der Waals surface area contributed by atoms with Gasteiger partial charge in [0.2, 0.25) is 0 Å². The molecular formula is C25H36O5. The van der Waals surface area contributed by atoms with E-state index >= 15 is 0 Å². The van der Waals surface area contributed by atoms with Crippen LogP contribution in [-0.2, 0) is 23.9 Å². The number of Topliss-reactive ketones (excluding diaryl/α,β-unsaturated/α-hetero) is 1. The van der Waals surface area contributed by atoms with Gasteiger partial charge in [-0.25, -0.2) is 9.59 Å². The smallest absolute Gasteiger partial charge is 0.333 e. The Hall–Kier alpha value is -2.17. The minimum absolute atomic E-state index is 0.0180. The molecule has 2 aliphatic rings. The van der Waals surface area contributed by atoms with Gasteiger partial charge in [-0.2, -0.15) is 0 Å². The van der Waals surface area contributed by atoms with E-state index in [1.54, 1.807) is 13.0 Å². The van der Waals surface area contributed by atoms with Gasteiger partial charge in [-0.15, -0.1) is 0 Å². The highest BCUT2D eigenvalue weighted by Gasteiger charge is 2.58. The van der Waals surface area contributed by atoms with E-state index in [1.807, 2.05) is 27.7 Å². The average Bonchev–Trinajstić information content (AvgIpc) is 2.65. The molecule has 2 saturated carbocycles.